The fourth-order valence-corrected chi connectivity index (χ4v) is 9.36. The van der Waals surface area contributed by atoms with E-state index in [9.17, 15) is 29.4 Å². The van der Waals surface area contributed by atoms with Gasteiger partial charge in [-0.15, -0.1) is 0 Å². The first-order chi connectivity index (χ1) is 19.4. The van der Waals surface area contributed by atoms with Crippen molar-refractivity contribution in [3.8, 4) is 0 Å². The topological polar surface area (TPSA) is 151 Å². The fourth-order valence-electron chi connectivity index (χ4n) is 9.36. The van der Waals surface area contributed by atoms with Gasteiger partial charge in [-0.3, -0.25) is 14.4 Å². The van der Waals surface area contributed by atoms with Crippen LogP contribution in [-0.4, -0.2) is 50.9 Å². The van der Waals surface area contributed by atoms with Crippen molar-refractivity contribution in [2.24, 2.45) is 28.6 Å². The van der Waals surface area contributed by atoms with Crippen LogP contribution in [0.5, 0.6) is 0 Å². The Labute approximate surface area is 240 Å². The summed E-state index contributed by atoms with van der Waals surface area (Å²) in [5.74, 6) is -2.14. The van der Waals surface area contributed by atoms with Crippen molar-refractivity contribution in [2.75, 3.05) is 0 Å². The quantitative estimate of drug-likeness (QED) is 0.289. The van der Waals surface area contributed by atoms with E-state index in [-0.39, 0.29) is 53.4 Å². The number of esters is 1. The van der Waals surface area contributed by atoms with Crippen LogP contribution < -0.4 is 5.63 Å². The standard InChI is InChI=1S/C32H44O9/c1-30-15-13-21(41-26(36)8-6-4-3-5-7-24(33)34)17-20(30)10-11-23-27(30)28(37)29(38)31(2)22(14-16-32(23,31)39)19-9-12-25(35)40-18-19/h9,12,18,20-23,27-28,37,39H,3-8,10-11,13-17H2,1-2H3,(H,33,34)/t20-,21+,22-,23?,27?,28?,30+,31+,32+/m0/s1. The highest BCUT2D eigenvalue weighted by molar-refractivity contribution is 5.93. The molecule has 3 N–H and O–H groups in total. The highest BCUT2D eigenvalue weighted by Crippen LogP contribution is 2.69. The number of aliphatic carboxylic acids is 1. The third-order valence-corrected chi connectivity index (χ3v) is 11.6. The average Bonchev–Trinajstić information content (AvgIpc) is 3.21. The van der Waals surface area contributed by atoms with Gasteiger partial charge in [0.1, 0.15) is 12.2 Å². The minimum absolute atomic E-state index is 0.151. The number of rotatable bonds is 9. The maximum absolute atomic E-state index is 14.1. The lowest BCUT2D eigenvalue weighted by molar-refractivity contribution is -0.229. The number of carboxylic acids is 1. The Morgan fingerprint density at radius 1 is 1.00 bits per heavy atom. The van der Waals surface area contributed by atoms with Crippen LogP contribution in [0.3, 0.4) is 0 Å². The van der Waals surface area contributed by atoms with Gasteiger partial charge in [0, 0.05) is 30.7 Å². The van der Waals surface area contributed by atoms with Gasteiger partial charge >= 0.3 is 17.6 Å². The summed E-state index contributed by atoms with van der Waals surface area (Å²) in [6.45, 7) is 3.93. The van der Waals surface area contributed by atoms with E-state index in [0.717, 1.165) is 19.3 Å². The first-order valence-corrected chi connectivity index (χ1v) is 15.4. The molecule has 4 fully saturated rings. The molecule has 0 spiro atoms. The molecule has 9 heteroatoms. The van der Waals surface area contributed by atoms with Crippen molar-refractivity contribution in [1.29, 1.82) is 0 Å². The lowest BCUT2D eigenvalue weighted by Gasteiger charge is -2.64. The maximum Gasteiger partial charge on any atom is 0.335 e. The molecule has 0 aliphatic heterocycles. The van der Waals surface area contributed by atoms with Crippen molar-refractivity contribution in [3.05, 3.63) is 34.4 Å². The molecule has 0 aromatic carbocycles. The minimum atomic E-state index is -1.27. The molecule has 4 saturated carbocycles. The lowest BCUT2D eigenvalue weighted by atomic mass is 9.42. The van der Waals surface area contributed by atoms with Crippen molar-refractivity contribution in [1.82, 2.24) is 0 Å². The van der Waals surface area contributed by atoms with Gasteiger partial charge in [-0.1, -0.05) is 19.8 Å². The van der Waals surface area contributed by atoms with Crippen molar-refractivity contribution in [2.45, 2.75) is 121 Å². The number of carbonyl (C=O) groups excluding carboxylic acids is 2. The molecule has 9 nitrogen and oxygen atoms in total. The molecular weight excluding hydrogens is 528 g/mol. The molecule has 0 saturated heterocycles. The first kappa shape index (κ1) is 30.0. The van der Waals surface area contributed by atoms with E-state index < -0.39 is 28.7 Å². The number of fused-ring (bicyclic) bond motifs is 5. The maximum atomic E-state index is 14.1. The molecule has 0 amide bonds. The predicted molar refractivity (Wildman–Crippen MR) is 148 cm³/mol. The second-order valence-corrected chi connectivity index (χ2v) is 13.5. The average molecular weight is 573 g/mol. The van der Waals surface area contributed by atoms with Gasteiger partial charge in [-0.05, 0) is 93.6 Å². The highest BCUT2D eigenvalue weighted by Gasteiger charge is 2.73. The molecule has 1 aromatic rings. The number of ether oxygens (including phenoxy) is 1. The number of aliphatic hydroxyl groups is 2. The van der Waals surface area contributed by atoms with Crippen LogP contribution >= 0.6 is 0 Å². The zero-order chi connectivity index (χ0) is 29.6. The van der Waals surface area contributed by atoms with E-state index in [1.54, 1.807) is 13.0 Å². The van der Waals surface area contributed by atoms with Gasteiger partial charge in [0.15, 0.2) is 5.78 Å². The van der Waals surface area contributed by atoms with E-state index in [1.807, 2.05) is 0 Å². The van der Waals surface area contributed by atoms with Crippen molar-refractivity contribution >= 4 is 17.7 Å². The lowest BCUT2D eigenvalue weighted by Crippen LogP contribution is -2.70. The van der Waals surface area contributed by atoms with E-state index in [1.165, 1.54) is 12.3 Å². The Kier molecular flexibility index (Phi) is 8.25. The summed E-state index contributed by atoms with van der Waals surface area (Å²) < 4.78 is 10.9. The van der Waals surface area contributed by atoms with Crippen molar-refractivity contribution in [3.63, 3.8) is 0 Å². The predicted octanol–water partition coefficient (Wildman–Crippen LogP) is 4.37. The molecular formula is C32H44O9. The molecule has 226 valence electrons. The summed E-state index contributed by atoms with van der Waals surface area (Å²) in [7, 11) is 0. The third-order valence-electron chi connectivity index (χ3n) is 11.6. The summed E-state index contributed by atoms with van der Waals surface area (Å²) in [4.78, 5) is 48.8. The van der Waals surface area contributed by atoms with Crippen LogP contribution in [0.25, 0.3) is 0 Å². The van der Waals surface area contributed by atoms with Crippen LogP contribution in [0, 0.1) is 28.6 Å². The fraction of sp³-hybridized carbons (Fsp3) is 0.750. The Hall–Kier alpha value is -2.52. The number of Topliss-reactive ketones (excluding diaryl/α,β-unsaturated/α-hetero) is 1. The van der Waals surface area contributed by atoms with Crippen LogP contribution in [0.4, 0.5) is 0 Å². The van der Waals surface area contributed by atoms with Gasteiger partial charge in [0.05, 0.1) is 17.3 Å². The molecule has 0 bridgehead atoms. The largest absolute Gasteiger partial charge is 0.481 e. The van der Waals surface area contributed by atoms with Crippen molar-refractivity contribution < 1.29 is 38.9 Å². The molecule has 1 aromatic heterocycles. The Morgan fingerprint density at radius 2 is 1.73 bits per heavy atom. The zero-order valence-electron chi connectivity index (χ0n) is 24.2. The molecule has 5 rings (SSSR count). The Bertz CT molecular complexity index is 1200. The molecule has 41 heavy (non-hydrogen) atoms. The van der Waals surface area contributed by atoms with Crippen LogP contribution in [0.2, 0.25) is 0 Å². The number of hydrogen-bond donors (Lipinski definition) is 3. The summed E-state index contributed by atoms with van der Waals surface area (Å²) >= 11 is 0. The first-order valence-electron chi connectivity index (χ1n) is 15.4. The number of aliphatic hydroxyl groups excluding tert-OH is 1. The summed E-state index contributed by atoms with van der Waals surface area (Å²) in [6.07, 6.45) is 7.92. The highest BCUT2D eigenvalue weighted by atomic mass is 16.5. The van der Waals surface area contributed by atoms with E-state index >= 15 is 0 Å². The van der Waals surface area contributed by atoms with E-state index in [2.05, 4.69) is 6.92 Å². The van der Waals surface area contributed by atoms with Gasteiger partial charge in [0.2, 0.25) is 0 Å². The summed E-state index contributed by atoms with van der Waals surface area (Å²) in [5, 5.41) is 32.7. The molecule has 9 atom stereocenters. The number of carboxylic acid groups (broad SMARTS) is 1. The Balaban J connectivity index is 1.25. The SMILES string of the molecule is C[C@@]12CC[C@@H](OC(=O)CCCCCCC(=O)O)C[C@@H]1CCC1C2C(O)C(=O)[C@@]2(C)[C@H](c3ccc(=O)oc3)CC[C@@]12O. The van der Waals surface area contributed by atoms with E-state index in [0.29, 0.717) is 63.4 Å². The monoisotopic (exact) mass is 572 g/mol. The molecule has 4 aliphatic carbocycles. The molecule has 1 heterocycles. The number of ketones is 1. The summed E-state index contributed by atoms with van der Waals surface area (Å²) in [5.41, 5.74) is -2.58. The van der Waals surface area contributed by atoms with Gasteiger partial charge in [-0.25, -0.2) is 4.79 Å². The minimum Gasteiger partial charge on any atom is -0.481 e. The molecule has 4 aliphatic rings. The Morgan fingerprint density at radius 3 is 2.41 bits per heavy atom. The van der Waals surface area contributed by atoms with Crippen LogP contribution in [0.1, 0.15) is 109 Å². The second kappa shape index (κ2) is 11.3. The number of unbranched alkanes of at least 4 members (excludes halogenated alkanes) is 3. The van der Waals surface area contributed by atoms with Gasteiger partial charge in [-0.2, -0.15) is 0 Å². The van der Waals surface area contributed by atoms with Gasteiger partial charge < -0.3 is 24.5 Å². The zero-order valence-corrected chi connectivity index (χ0v) is 24.2. The van der Waals surface area contributed by atoms with Crippen LogP contribution in [-0.2, 0) is 19.1 Å². The third kappa shape index (κ3) is 5.07. The normalized spacial score (nSPS) is 39.9. The smallest absolute Gasteiger partial charge is 0.335 e. The molecule has 3 unspecified atom stereocenters. The summed E-state index contributed by atoms with van der Waals surface area (Å²) in [6, 6.07) is 3.00. The van der Waals surface area contributed by atoms with Crippen LogP contribution in [0.15, 0.2) is 27.6 Å². The number of carbonyl (C=O) groups is 3. The van der Waals surface area contributed by atoms with E-state index in [4.69, 9.17) is 14.3 Å². The molecule has 0 radical (unpaired) electrons. The number of hydrogen-bond acceptors (Lipinski definition) is 8. The second-order valence-electron chi connectivity index (χ2n) is 13.5. The van der Waals surface area contributed by atoms with Gasteiger partial charge in [0.25, 0.3) is 0 Å².